The van der Waals surface area contributed by atoms with Crippen molar-refractivity contribution in [1.82, 2.24) is 0 Å². The first-order valence-corrected chi connectivity index (χ1v) is 12.2. The third kappa shape index (κ3) is 3.41. The van der Waals surface area contributed by atoms with Crippen LogP contribution in [0.5, 0.6) is 0 Å². The minimum Gasteiger partial charge on any atom is -0.393 e. The summed E-state index contributed by atoms with van der Waals surface area (Å²) >= 11 is 0. The van der Waals surface area contributed by atoms with E-state index in [9.17, 15) is 15.0 Å². The van der Waals surface area contributed by atoms with E-state index in [1.165, 1.54) is 6.92 Å². The second-order valence-electron chi connectivity index (χ2n) is 11.7. The molecule has 0 radical (unpaired) electrons. The summed E-state index contributed by atoms with van der Waals surface area (Å²) in [5.74, 6) is -0.773. The normalized spacial score (nSPS) is 56.5. The first-order valence-electron chi connectivity index (χ1n) is 15.3. The first-order chi connectivity index (χ1) is 16.4. The molecule has 1 unspecified atom stereocenters. The molecule has 4 fully saturated rings. The van der Waals surface area contributed by atoms with E-state index in [4.69, 9.17) is 8.22 Å². The van der Waals surface area contributed by atoms with E-state index in [0.29, 0.717) is 12.8 Å². The zero-order valence-electron chi connectivity index (χ0n) is 25.2. The highest BCUT2D eigenvalue weighted by Crippen LogP contribution is 2.69. The maximum atomic E-state index is 11.9. The van der Waals surface area contributed by atoms with Crippen molar-refractivity contribution in [3.05, 3.63) is 0 Å². The summed E-state index contributed by atoms with van der Waals surface area (Å²) in [6, 6.07) is 0. The lowest BCUT2D eigenvalue weighted by molar-refractivity contribution is -0.203. The third-order valence-corrected chi connectivity index (χ3v) is 10.4. The molecule has 0 amide bonds. The second-order valence-corrected chi connectivity index (χ2v) is 11.7. The average molecular weight is 425 g/mol. The van der Waals surface area contributed by atoms with E-state index in [0.717, 1.165) is 32.1 Å². The topological polar surface area (TPSA) is 57.5 Å². The van der Waals surface area contributed by atoms with Gasteiger partial charge < -0.3 is 15.0 Å². The molecule has 12 atom stereocenters. The highest BCUT2D eigenvalue weighted by Gasteiger charge is 2.64. The van der Waals surface area contributed by atoms with E-state index in [1.807, 2.05) is 0 Å². The van der Waals surface area contributed by atoms with Crippen molar-refractivity contribution in [3.8, 4) is 0 Å². The number of aliphatic hydroxyl groups excluding tert-OH is 2. The van der Waals surface area contributed by atoms with Crippen molar-refractivity contribution in [1.29, 1.82) is 0 Å². The molecule has 2 N–H and O–H groups in total. The maximum Gasteiger partial charge on any atom is 0.129 e. The van der Waals surface area contributed by atoms with Crippen molar-refractivity contribution in [2.24, 2.45) is 52.3 Å². The SMILES string of the molecule is [2H]C([C@H]1[C@@H](O)[C@@H]2[C@H](CC[C@]3(C)[C@@H]([C@H](C)CC([2H])([2H])C(C)=O)CC[C@@H]23)[C@@]2(C)CC[C@@H](O)C[C@@H]12)C([2H])([2H])[2H]. The van der Waals surface area contributed by atoms with E-state index in [-0.39, 0.29) is 52.8 Å². The number of carbonyl (C=O) groups excluding carboxylic acids is 1. The van der Waals surface area contributed by atoms with E-state index in [1.54, 1.807) is 0 Å². The summed E-state index contributed by atoms with van der Waals surface area (Å²) in [5, 5.41) is 22.5. The maximum absolute atomic E-state index is 11.9. The predicted molar refractivity (Wildman–Crippen MR) is 121 cm³/mol. The lowest BCUT2D eigenvalue weighted by Gasteiger charge is -2.64. The summed E-state index contributed by atoms with van der Waals surface area (Å²) in [5.41, 5.74) is -0.330. The molecular formula is C27H46O3. The average Bonchev–Trinajstić information content (AvgIpc) is 3.11. The summed E-state index contributed by atoms with van der Waals surface area (Å²) in [6.07, 6.45) is 1.18. The summed E-state index contributed by atoms with van der Waals surface area (Å²) < 4.78 is 49.2. The standard InChI is InChI=1S/C27H46O3/c1-6-19-23-15-18(29)11-13-27(23,5)22-12-14-26(4)20(16(2)7-8-17(3)28)9-10-21(26)24(22)25(19)30/h16,18-25,29-30H,6-15H2,1-5H3/t16-,18-,19-,20-,21+,22+,23+,24+,25-,26-,27-/m1/s1/i1D3,6D,8D2/t6?,16-,18-,19-,20-,21+,22+,23+,24+,25-,26-,27-. The highest BCUT2D eigenvalue weighted by atomic mass is 16.3. The molecule has 0 aromatic heterocycles. The number of fused-ring (bicyclic) bond motifs is 5. The Labute approximate surface area is 192 Å². The minimum atomic E-state index is -2.50. The van der Waals surface area contributed by atoms with Gasteiger partial charge >= 0.3 is 0 Å². The molecule has 0 bridgehead atoms. The number of hydrogen-bond donors (Lipinski definition) is 2. The highest BCUT2D eigenvalue weighted by molar-refractivity contribution is 5.75. The van der Waals surface area contributed by atoms with Crippen molar-refractivity contribution in [2.45, 2.75) is 111 Å². The lowest BCUT2D eigenvalue weighted by atomic mass is 9.41. The monoisotopic (exact) mass is 424 g/mol. The number of Topliss-reactive ketones (excluding diaryl/α,β-unsaturated/α-hetero) is 1. The van der Waals surface area contributed by atoms with Crippen LogP contribution in [0.2, 0.25) is 0 Å². The Hall–Kier alpha value is -0.410. The molecule has 172 valence electrons. The molecule has 30 heavy (non-hydrogen) atoms. The van der Waals surface area contributed by atoms with Gasteiger partial charge in [0, 0.05) is 14.6 Å². The Morgan fingerprint density at radius 3 is 2.50 bits per heavy atom. The van der Waals surface area contributed by atoms with Gasteiger partial charge in [-0.1, -0.05) is 34.0 Å². The number of aliphatic hydroxyl groups is 2. The van der Waals surface area contributed by atoms with Crippen LogP contribution in [-0.2, 0) is 4.79 Å². The summed E-state index contributed by atoms with van der Waals surface area (Å²) in [6.45, 7) is 5.37. The fraction of sp³-hybridized carbons (Fsp3) is 0.963. The molecule has 4 rings (SSSR count). The fourth-order valence-corrected chi connectivity index (χ4v) is 8.97. The molecule has 0 heterocycles. The molecule has 4 saturated carbocycles. The van der Waals surface area contributed by atoms with Crippen molar-refractivity contribution in [2.75, 3.05) is 0 Å². The predicted octanol–water partition coefficient (Wildman–Crippen LogP) is 5.62. The molecule has 0 saturated heterocycles. The zero-order valence-corrected chi connectivity index (χ0v) is 19.2. The first kappa shape index (κ1) is 16.2. The molecular weight excluding hydrogens is 372 g/mol. The van der Waals surface area contributed by atoms with Crippen LogP contribution in [-0.4, -0.2) is 28.2 Å². The Bertz CT molecular complexity index is 848. The van der Waals surface area contributed by atoms with E-state index < -0.39 is 43.5 Å². The number of ketones is 1. The zero-order chi connectivity index (χ0) is 27.0. The van der Waals surface area contributed by atoms with Gasteiger partial charge in [-0.15, -0.1) is 0 Å². The fourth-order valence-electron chi connectivity index (χ4n) is 8.97. The second kappa shape index (κ2) is 8.18. The number of rotatable bonds is 5. The molecule has 0 spiro atoms. The van der Waals surface area contributed by atoms with Crippen LogP contribution in [0.3, 0.4) is 0 Å². The van der Waals surface area contributed by atoms with Gasteiger partial charge in [-0.05, 0) is 111 Å². The van der Waals surface area contributed by atoms with Crippen LogP contribution in [0, 0.1) is 52.3 Å². The molecule has 0 aromatic rings. The number of carbonyl (C=O) groups is 1. The summed E-state index contributed by atoms with van der Waals surface area (Å²) in [7, 11) is 0. The molecule has 0 aromatic carbocycles. The van der Waals surface area contributed by atoms with E-state index >= 15 is 0 Å². The van der Waals surface area contributed by atoms with Crippen LogP contribution in [0.1, 0.15) is 107 Å². The van der Waals surface area contributed by atoms with Gasteiger partial charge in [0.05, 0.1) is 12.2 Å². The van der Waals surface area contributed by atoms with Crippen LogP contribution in [0.15, 0.2) is 0 Å². The van der Waals surface area contributed by atoms with Gasteiger partial charge in [0.15, 0.2) is 0 Å². The Balaban J connectivity index is 1.69. The molecule has 3 nitrogen and oxygen atoms in total. The van der Waals surface area contributed by atoms with Gasteiger partial charge in [-0.2, -0.15) is 0 Å². The molecule has 4 aliphatic carbocycles. The Kier molecular flexibility index (Phi) is 4.43. The summed E-state index contributed by atoms with van der Waals surface area (Å²) in [4.78, 5) is 11.9. The molecule has 3 heteroatoms. The van der Waals surface area contributed by atoms with Gasteiger partial charge in [0.1, 0.15) is 5.78 Å². The molecule has 0 aliphatic heterocycles. The van der Waals surface area contributed by atoms with Gasteiger partial charge in [0.25, 0.3) is 0 Å². The van der Waals surface area contributed by atoms with Crippen molar-refractivity contribution >= 4 is 5.78 Å². The van der Waals surface area contributed by atoms with Crippen molar-refractivity contribution in [3.63, 3.8) is 0 Å². The molecule has 4 aliphatic rings. The van der Waals surface area contributed by atoms with Crippen LogP contribution < -0.4 is 0 Å². The Morgan fingerprint density at radius 1 is 1.10 bits per heavy atom. The third-order valence-electron chi connectivity index (χ3n) is 10.4. The van der Waals surface area contributed by atoms with Crippen LogP contribution in [0.4, 0.5) is 0 Å². The van der Waals surface area contributed by atoms with Gasteiger partial charge in [0.2, 0.25) is 0 Å². The van der Waals surface area contributed by atoms with Crippen molar-refractivity contribution < 1.29 is 23.2 Å². The lowest BCUT2D eigenvalue weighted by Crippen LogP contribution is -2.62. The quantitative estimate of drug-likeness (QED) is 0.602. The van der Waals surface area contributed by atoms with Crippen LogP contribution >= 0.6 is 0 Å². The smallest absolute Gasteiger partial charge is 0.129 e. The number of hydrogen-bond acceptors (Lipinski definition) is 3. The van der Waals surface area contributed by atoms with Crippen LogP contribution in [0.25, 0.3) is 0 Å². The largest absolute Gasteiger partial charge is 0.393 e. The van der Waals surface area contributed by atoms with Gasteiger partial charge in [-0.3, -0.25) is 0 Å². The van der Waals surface area contributed by atoms with E-state index in [2.05, 4.69) is 20.8 Å². The minimum absolute atomic E-state index is 0.0199. The Morgan fingerprint density at radius 2 is 1.80 bits per heavy atom. The van der Waals surface area contributed by atoms with Gasteiger partial charge in [-0.25, -0.2) is 0 Å².